The molecule has 2 aromatic rings. The molecule has 2 heterocycles. The number of aromatic nitrogens is 4. The summed E-state index contributed by atoms with van der Waals surface area (Å²) in [6, 6.07) is 1.75. The van der Waals surface area contributed by atoms with Crippen LogP contribution in [0, 0.1) is 17.0 Å². The quantitative estimate of drug-likeness (QED) is 0.595. The van der Waals surface area contributed by atoms with Crippen LogP contribution in [0.5, 0.6) is 0 Å². The van der Waals surface area contributed by atoms with Crippen LogP contribution in [0.3, 0.4) is 0 Å². The number of nitro groups is 1. The highest BCUT2D eigenvalue weighted by molar-refractivity contribution is 5.21. The summed E-state index contributed by atoms with van der Waals surface area (Å²) in [7, 11) is 1.70. The summed E-state index contributed by atoms with van der Waals surface area (Å²) < 4.78 is 2.63. The van der Waals surface area contributed by atoms with E-state index in [1.807, 2.05) is 4.98 Å². The highest BCUT2D eigenvalue weighted by atomic mass is 16.6. The third-order valence-electron chi connectivity index (χ3n) is 2.62. The molecular formula is C10H11N5O4. The summed E-state index contributed by atoms with van der Waals surface area (Å²) in [6.45, 7) is 1.88. The van der Waals surface area contributed by atoms with Crippen molar-refractivity contribution in [3.05, 3.63) is 54.6 Å². The molecule has 0 saturated heterocycles. The number of nitrogens with zero attached hydrogens (tertiary/aromatic N) is 4. The van der Waals surface area contributed by atoms with Gasteiger partial charge in [0, 0.05) is 7.05 Å². The van der Waals surface area contributed by atoms with Gasteiger partial charge in [-0.15, -0.1) is 0 Å². The van der Waals surface area contributed by atoms with Crippen LogP contribution in [-0.4, -0.2) is 24.3 Å². The standard InChI is InChI=1S/C10H11N5O4/c1-6-3-7(13(2)12-6)4-14-5-8(15(18)19)9(16)11-10(14)17/h3,5H,4H2,1-2H3,(H,11,16,17). The number of aromatic amines is 1. The molecule has 0 radical (unpaired) electrons. The van der Waals surface area contributed by atoms with E-state index in [0.717, 1.165) is 16.5 Å². The lowest BCUT2D eigenvalue weighted by molar-refractivity contribution is -0.386. The van der Waals surface area contributed by atoms with Crippen LogP contribution >= 0.6 is 0 Å². The van der Waals surface area contributed by atoms with E-state index in [-0.39, 0.29) is 6.54 Å². The molecule has 0 aliphatic heterocycles. The average Bonchev–Trinajstić information content (AvgIpc) is 2.60. The summed E-state index contributed by atoms with van der Waals surface area (Å²) in [6.07, 6.45) is 0.934. The Hall–Kier alpha value is -2.71. The molecule has 0 spiro atoms. The first kappa shape index (κ1) is 12.7. The Morgan fingerprint density at radius 1 is 1.47 bits per heavy atom. The normalized spacial score (nSPS) is 10.6. The maximum atomic E-state index is 11.6. The van der Waals surface area contributed by atoms with E-state index < -0.39 is 21.9 Å². The Kier molecular flexibility index (Phi) is 3.03. The zero-order chi connectivity index (χ0) is 14.2. The fourth-order valence-corrected chi connectivity index (χ4v) is 1.73. The van der Waals surface area contributed by atoms with Gasteiger partial charge >= 0.3 is 16.9 Å². The predicted molar refractivity (Wildman–Crippen MR) is 65.0 cm³/mol. The van der Waals surface area contributed by atoms with Gasteiger partial charge in [0.2, 0.25) is 0 Å². The van der Waals surface area contributed by atoms with Crippen molar-refractivity contribution < 1.29 is 4.92 Å². The van der Waals surface area contributed by atoms with E-state index in [2.05, 4.69) is 5.10 Å². The van der Waals surface area contributed by atoms with E-state index in [4.69, 9.17) is 0 Å². The Morgan fingerprint density at radius 3 is 2.68 bits per heavy atom. The number of aryl methyl sites for hydroxylation is 2. The Bertz CT molecular complexity index is 754. The molecule has 0 bridgehead atoms. The molecule has 0 amide bonds. The predicted octanol–water partition coefficient (Wildman–Crippen LogP) is -0.465. The molecule has 0 unspecified atom stereocenters. The molecule has 0 aliphatic rings. The fourth-order valence-electron chi connectivity index (χ4n) is 1.73. The number of nitrogens with one attached hydrogen (secondary N) is 1. The number of hydrogen-bond acceptors (Lipinski definition) is 5. The van der Waals surface area contributed by atoms with Gasteiger partial charge in [-0.25, -0.2) is 4.79 Å². The minimum Gasteiger partial charge on any atom is -0.288 e. The van der Waals surface area contributed by atoms with Crippen molar-refractivity contribution in [2.45, 2.75) is 13.5 Å². The summed E-state index contributed by atoms with van der Waals surface area (Å²) in [5.74, 6) is 0. The monoisotopic (exact) mass is 265 g/mol. The lowest BCUT2D eigenvalue weighted by Gasteiger charge is -2.04. The second-order valence-corrected chi connectivity index (χ2v) is 4.06. The third-order valence-corrected chi connectivity index (χ3v) is 2.62. The van der Waals surface area contributed by atoms with Crippen molar-refractivity contribution in [1.29, 1.82) is 0 Å². The first-order valence-corrected chi connectivity index (χ1v) is 5.36. The van der Waals surface area contributed by atoms with Crippen LogP contribution in [0.25, 0.3) is 0 Å². The van der Waals surface area contributed by atoms with Crippen LogP contribution in [0.2, 0.25) is 0 Å². The number of hydrogen-bond donors (Lipinski definition) is 1. The molecule has 1 N–H and O–H groups in total. The average molecular weight is 265 g/mol. The molecule has 0 saturated carbocycles. The summed E-state index contributed by atoms with van der Waals surface area (Å²) in [5, 5.41) is 14.8. The molecule has 100 valence electrons. The fraction of sp³-hybridized carbons (Fsp3) is 0.300. The van der Waals surface area contributed by atoms with Gasteiger partial charge in [0.25, 0.3) is 0 Å². The third kappa shape index (κ3) is 2.44. The summed E-state index contributed by atoms with van der Waals surface area (Å²) in [4.78, 5) is 34.6. The van der Waals surface area contributed by atoms with E-state index in [9.17, 15) is 19.7 Å². The summed E-state index contributed by atoms with van der Waals surface area (Å²) in [5.41, 5.74) is -0.911. The SMILES string of the molecule is Cc1cc(Cn2cc([N+](=O)[O-])c(=O)[nH]c2=O)n(C)n1. The van der Waals surface area contributed by atoms with E-state index in [1.165, 1.54) is 0 Å². The number of rotatable bonds is 3. The van der Waals surface area contributed by atoms with E-state index in [0.29, 0.717) is 5.69 Å². The van der Waals surface area contributed by atoms with Crippen molar-refractivity contribution in [3.8, 4) is 0 Å². The van der Waals surface area contributed by atoms with Gasteiger partial charge < -0.3 is 0 Å². The van der Waals surface area contributed by atoms with Crippen molar-refractivity contribution in [2.24, 2.45) is 7.05 Å². The maximum Gasteiger partial charge on any atom is 0.350 e. The molecule has 0 atom stereocenters. The van der Waals surface area contributed by atoms with Gasteiger partial charge in [0.05, 0.1) is 29.1 Å². The van der Waals surface area contributed by atoms with Gasteiger partial charge in [-0.3, -0.25) is 29.1 Å². The summed E-state index contributed by atoms with van der Waals surface area (Å²) >= 11 is 0. The highest BCUT2D eigenvalue weighted by Crippen LogP contribution is 2.05. The second-order valence-electron chi connectivity index (χ2n) is 4.06. The molecular weight excluding hydrogens is 254 g/mol. The lowest BCUT2D eigenvalue weighted by atomic mass is 10.3. The smallest absolute Gasteiger partial charge is 0.288 e. The molecule has 9 heteroatoms. The molecule has 0 fully saturated rings. The lowest BCUT2D eigenvalue weighted by Crippen LogP contribution is -2.31. The van der Waals surface area contributed by atoms with Gasteiger partial charge in [-0.2, -0.15) is 5.10 Å². The van der Waals surface area contributed by atoms with Crippen molar-refractivity contribution >= 4 is 5.69 Å². The Labute approximate surface area is 106 Å². The van der Waals surface area contributed by atoms with Gasteiger partial charge in [0.1, 0.15) is 0 Å². The molecule has 19 heavy (non-hydrogen) atoms. The van der Waals surface area contributed by atoms with E-state index in [1.54, 1.807) is 24.7 Å². The second kappa shape index (κ2) is 4.52. The molecule has 9 nitrogen and oxygen atoms in total. The van der Waals surface area contributed by atoms with Crippen LogP contribution in [0.4, 0.5) is 5.69 Å². The van der Waals surface area contributed by atoms with Gasteiger partial charge in [0.15, 0.2) is 0 Å². The number of H-pyrrole nitrogens is 1. The van der Waals surface area contributed by atoms with Crippen LogP contribution in [0.1, 0.15) is 11.4 Å². The minimum atomic E-state index is -1.01. The first-order valence-electron chi connectivity index (χ1n) is 5.36. The van der Waals surface area contributed by atoms with Gasteiger partial charge in [-0.05, 0) is 13.0 Å². The molecule has 2 aromatic heterocycles. The topological polar surface area (TPSA) is 116 Å². The van der Waals surface area contributed by atoms with Gasteiger partial charge in [-0.1, -0.05) is 0 Å². The minimum absolute atomic E-state index is 0.0911. The van der Waals surface area contributed by atoms with Crippen LogP contribution < -0.4 is 11.2 Å². The molecule has 0 aliphatic carbocycles. The molecule has 2 rings (SSSR count). The molecule has 0 aromatic carbocycles. The van der Waals surface area contributed by atoms with Crippen molar-refractivity contribution in [3.63, 3.8) is 0 Å². The van der Waals surface area contributed by atoms with E-state index >= 15 is 0 Å². The Balaban J connectivity index is 2.49. The largest absolute Gasteiger partial charge is 0.350 e. The zero-order valence-corrected chi connectivity index (χ0v) is 10.3. The Morgan fingerprint density at radius 2 is 2.16 bits per heavy atom. The zero-order valence-electron chi connectivity index (χ0n) is 10.3. The first-order chi connectivity index (χ1) is 8.88. The maximum absolute atomic E-state index is 11.6. The van der Waals surface area contributed by atoms with Crippen molar-refractivity contribution in [2.75, 3.05) is 0 Å². The van der Waals surface area contributed by atoms with Crippen LogP contribution in [0.15, 0.2) is 21.9 Å². The van der Waals surface area contributed by atoms with Crippen LogP contribution in [-0.2, 0) is 13.6 Å². The van der Waals surface area contributed by atoms with Crippen molar-refractivity contribution in [1.82, 2.24) is 19.3 Å². The highest BCUT2D eigenvalue weighted by Gasteiger charge is 2.15.